The Bertz CT molecular complexity index is 946. The molecule has 0 unspecified atom stereocenters. The molecular formula is C28H40ClN3O2. The maximum Gasteiger partial charge on any atom is 0.253 e. The lowest BCUT2D eigenvalue weighted by Gasteiger charge is -2.34. The number of benzene rings is 2. The van der Waals surface area contributed by atoms with E-state index in [9.17, 15) is 9.59 Å². The summed E-state index contributed by atoms with van der Waals surface area (Å²) in [5, 5.41) is 3.02. The average Bonchev–Trinajstić information content (AvgIpc) is 2.78. The molecule has 2 aromatic rings. The molecule has 0 aromatic heterocycles. The monoisotopic (exact) mass is 485 g/mol. The van der Waals surface area contributed by atoms with Crippen molar-refractivity contribution in [2.24, 2.45) is 0 Å². The van der Waals surface area contributed by atoms with Gasteiger partial charge in [0.05, 0.1) is 0 Å². The lowest BCUT2D eigenvalue weighted by molar-refractivity contribution is 0.0638. The van der Waals surface area contributed by atoms with Gasteiger partial charge in [-0.1, -0.05) is 65.8 Å². The maximum absolute atomic E-state index is 12.9. The highest BCUT2D eigenvalue weighted by Gasteiger charge is 2.23. The Morgan fingerprint density at radius 3 is 1.62 bits per heavy atom. The topological polar surface area (TPSA) is 52.7 Å². The molecule has 6 heteroatoms. The van der Waals surface area contributed by atoms with Crippen molar-refractivity contribution in [1.82, 2.24) is 15.1 Å². The highest BCUT2D eigenvalue weighted by atomic mass is 35.5. The van der Waals surface area contributed by atoms with Crippen molar-refractivity contribution in [1.29, 1.82) is 0 Å². The summed E-state index contributed by atoms with van der Waals surface area (Å²) in [4.78, 5) is 29.5. The Labute approximate surface area is 211 Å². The number of carbonyl (C=O) groups excluding carboxylic acids is 2. The quantitative estimate of drug-likeness (QED) is 0.655. The van der Waals surface area contributed by atoms with Crippen LogP contribution in [0.25, 0.3) is 0 Å². The molecule has 1 aliphatic heterocycles. The molecule has 0 aliphatic carbocycles. The van der Waals surface area contributed by atoms with Crippen molar-refractivity contribution in [2.75, 3.05) is 39.3 Å². The number of nitrogens with one attached hydrogen (secondary N) is 1. The minimum atomic E-state index is -0.0389. The third-order valence-corrected chi connectivity index (χ3v) is 6.38. The van der Waals surface area contributed by atoms with Crippen LogP contribution in [0.5, 0.6) is 0 Å². The van der Waals surface area contributed by atoms with E-state index in [1.807, 2.05) is 41.3 Å². The highest BCUT2D eigenvalue weighted by molar-refractivity contribution is 5.94. The van der Waals surface area contributed by atoms with Crippen LogP contribution in [0.15, 0.2) is 48.5 Å². The van der Waals surface area contributed by atoms with Gasteiger partial charge < -0.3 is 10.2 Å². The summed E-state index contributed by atoms with van der Waals surface area (Å²) in [6.45, 7) is 17.5. The number of nitrogens with zero attached hydrogens (tertiary/aromatic N) is 2. The molecule has 1 heterocycles. The molecule has 34 heavy (non-hydrogen) atoms. The van der Waals surface area contributed by atoms with Gasteiger partial charge >= 0.3 is 0 Å². The summed E-state index contributed by atoms with van der Waals surface area (Å²) in [7, 11) is 0. The van der Waals surface area contributed by atoms with Crippen molar-refractivity contribution in [3.63, 3.8) is 0 Å². The van der Waals surface area contributed by atoms with Crippen LogP contribution in [0.4, 0.5) is 0 Å². The second kappa shape index (κ2) is 11.4. The van der Waals surface area contributed by atoms with Crippen molar-refractivity contribution >= 4 is 24.2 Å². The molecule has 0 bridgehead atoms. The summed E-state index contributed by atoms with van der Waals surface area (Å²) in [5.74, 6) is 0.0603. The lowest BCUT2D eigenvalue weighted by atomic mass is 9.86. The van der Waals surface area contributed by atoms with Crippen molar-refractivity contribution in [3.8, 4) is 0 Å². The molecule has 2 aromatic carbocycles. The summed E-state index contributed by atoms with van der Waals surface area (Å²) in [5.41, 5.74) is 4.05. The molecule has 0 atom stereocenters. The van der Waals surface area contributed by atoms with E-state index in [-0.39, 0.29) is 35.1 Å². The van der Waals surface area contributed by atoms with Crippen molar-refractivity contribution < 1.29 is 9.59 Å². The Morgan fingerprint density at radius 1 is 0.735 bits per heavy atom. The van der Waals surface area contributed by atoms with Gasteiger partial charge in [0.1, 0.15) is 0 Å². The van der Waals surface area contributed by atoms with E-state index < -0.39 is 0 Å². The molecule has 3 rings (SSSR count). The second-order valence-electron chi connectivity index (χ2n) is 11.0. The van der Waals surface area contributed by atoms with E-state index in [1.54, 1.807) is 0 Å². The molecule has 186 valence electrons. The summed E-state index contributed by atoms with van der Waals surface area (Å²) in [6, 6.07) is 15.9. The molecule has 5 nitrogen and oxygen atoms in total. The number of piperazine rings is 1. The van der Waals surface area contributed by atoms with Gasteiger partial charge in [-0.05, 0) is 46.2 Å². The van der Waals surface area contributed by atoms with Gasteiger partial charge in [0, 0.05) is 50.4 Å². The zero-order chi connectivity index (χ0) is 24.2. The molecule has 0 radical (unpaired) electrons. The minimum Gasteiger partial charge on any atom is -0.351 e. The zero-order valence-electron chi connectivity index (χ0n) is 21.5. The van der Waals surface area contributed by atoms with Crippen LogP contribution in [-0.4, -0.2) is 60.9 Å². The van der Waals surface area contributed by atoms with E-state index in [2.05, 4.69) is 63.9 Å². The van der Waals surface area contributed by atoms with Gasteiger partial charge in [-0.3, -0.25) is 14.5 Å². The molecule has 1 fully saturated rings. The van der Waals surface area contributed by atoms with Crippen molar-refractivity contribution in [3.05, 3.63) is 70.8 Å². The Kier molecular flexibility index (Phi) is 9.32. The van der Waals surface area contributed by atoms with Crippen LogP contribution >= 0.6 is 12.4 Å². The molecular weight excluding hydrogens is 446 g/mol. The van der Waals surface area contributed by atoms with Crippen LogP contribution in [0.1, 0.15) is 73.4 Å². The maximum atomic E-state index is 12.9. The number of halogens is 1. The summed E-state index contributed by atoms with van der Waals surface area (Å²) in [6.07, 6.45) is 0. The number of rotatable bonds is 5. The predicted molar refractivity (Wildman–Crippen MR) is 142 cm³/mol. The minimum absolute atomic E-state index is 0. The van der Waals surface area contributed by atoms with Crippen LogP contribution in [0, 0.1) is 0 Å². The third kappa shape index (κ3) is 7.31. The molecule has 2 amide bonds. The fourth-order valence-electron chi connectivity index (χ4n) is 4.02. The molecule has 1 saturated heterocycles. The molecule has 1 aliphatic rings. The summed E-state index contributed by atoms with van der Waals surface area (Å²) >= 11 is 0. The van der Waals surface area contributed by atoms with Gasteiger partial charge in [0.2, 0.25) is 0 Å². The van der Waals surface area contributed by atoms with Crippen LogP contribution in [0.3, 0.4) is 0 Å². The third-order valence-electron chi connectivity index (χ3n) is 6.38. The standard InChI is InChI=1S/C28H39N3O2.ClH/c1-27(2,3)23-11-7-21(8-12-23)25(32)29-15-16-30-17-19-31(20-18-30)26(33)22-9-13-24(14-10-22)28(4,5)6;/h7-14H,15-20H2,1-6H3,(H,29,32);1H. The predicted octanol–water partition coefficient (Wildman–Crippen LogP) is 4.89. The Balaban J connectivity index is 0.00000408. The average molecular weight is 486 g/mol. The van der Waals surface area contributed by atoms with Gasteiger partial charge in [-0.2, -0.15) is 0 Å². The normalized spacial score (nSPS) is 14.9. The fraction of sp³-hybridized carbons (Fsp3) is 0.500. The van der Waals surface area contributed by atoms with Crippen LogP contribution < -0.4 is 5.32 Å². The smallest absolute Gasteiger partial charge is 0.253 e. The number of hydrogen-bond donors (Lipinski definition) is 1. The first kappa shape index (κ1) is 27.9. The van der Waals surface area contributed by atoms with E-state index >= 15 is 0 Å². The zero-order valence-corrected chi connectivity index (χ0v) is 22.3. The van der Waals surface area contributed by atoms with Gasteiger partial charge in [0.15, 0.2) is 0 Å². The van der Waals surface area contributed by atoms with Gasteiger partial charge in [0.25, 0.3) is 11.8 Å². The van der Waals surface area contributed by atoms with Crippen LogP contribution in [-0.2, 0) is 10.8 Å². The molecule has 0 saturated carbocycles. The fourth-order valence-corrected chi connectivity index (χ4v) is 4.02. The van der Waals surface area contributed by atoms with E-state index in [0.29, 0.717) is 25.2 Å². The molecule has 0 spiro atoms. The number of amides is 2. The first-order valence-corrected chi connectivity index (χ1v) is 12.0. The highest BCUT2D eigenvalue weighted by Crippen LogP contribution is 2.23. The van der Waals surface area contributed by atoms with Gasteiger partial charge in [-0.25, -0.2) is 0 Å². The second-order valence-corrected chi connectivity index (χ2v) is 11.0. The number of hydrogen-bond acceptors (Lipinski definition) is 3. The Morgan fingerprint density at radius 2 is 1.18 bits per heavy atom. The largest absolute Gasteiger partial charge is 0.351 e. The van der Waals surface area contributed by atoms with Gasteiger partial charge in [-0.15, -0.1) is 12.4 Å². The van der Waals surface area contributed by atoms with E-state index in [1.165, 1.54) is 11.1 Å². The SMILES string of the molecule is CC(C)(C)c1ccc(C(=O)NCCN2CCN(C(=O)c3ccc(C(C)(C)C)cc3)CC2)cc1.Cl. The van der Waals surface area contributed by atoms with E-state index in [0.717, 1.165) is 25.2 Å². The number of carbonyl (C=O) groups is 2. The van der Waals surface area contributed by atoms with Crippen LogP contribution in [0.2, 0.25) is 0 Å². The first-order valence-electron chi connectivity index (χ1n) is 12.0. The first-order chi connectivity index (χ1) is 15.4. The van der Waals surface area contributed by atoms with E-state index in [4.69, 9.17) is 0 Å². The van der Waals surface area contributed by atoms with Crippen molar-refractivity contribution in [2.45, 2.75) is 52.4 Å². The lowest BCUT2D eigenvalue weighted by Crippen LogP contribution is -2.50. The Hall–Kier alpha value is -2.37. The molecule has 1 N–H and O–H groups in total. The summed E-state index contributed by atoms with van der Waals surface area (Å²) < 4.78 is 0.